The van der Waals surface area contributed by atoms with Gasteiger partial charge in [-0.3, -0.25) is 4.79 Å². The highest BCUT2D eigenvalue weighted by Crippen LogP contribution is 2.27. The predicted octanol–water partition coefficient (Wildman–Crippen LogP) is 2.87. The minimum atomic E-state index is -1.36. The Morgan fingerprint density at radius 2 is 1.64 bits per heavy atom. The fourth-order valence-electron chi connectivity index (χ4n) is 2.82. The molecule has 0 spiro atoms. The lowest BCUT2D eigenvalue weighted by molar-refractivity contribution is -0.141. The van der Waals surface area contributed by atoms with E-state index in [0.717, 1.165) is 19.3 Å². The van der Waals surface area contributed by atoms with Gasteiger partial charge in [-0.1, -0.05) is 19.3 Å². The topological polar surface area (TPSA) is 66.4 Å². The molecule has 0 saturated heterocycles. The van der Waals surface area contributed by atoms with E-state index in [1.165, 1.54) is 0 Å². The summed E-state index contributed by atoms with van der Waals surface area (Å²) in [6.07, 6.45) is 3.96. The van der Waals surface area contributed by atoms with Gasteiger partial charge in [-0.15, -0.1) is 0 Å². The molecule has 0 heterocycles. The summed E-state index contributed by atoms with van der Waals surface area (Å²) in [6.45, 7) is 0. The van der Waals surface area contributed by atoms with Crippen molar-refractivity contribution in [3.05, 3.63) is 35.1 Å². The second kappa shape index (κ2) is 6.81. The van der Waals surface area contributed by atoms with E-state index >= 15 is 0 Å². The van der Waals surface area contributed by atoms with Crippen LogP contribution in [0.4, 0.5) is 13.2 Å². The largest absolute Gasteiger partial charge is 0.480 e. The van der Waals surface area contributed by atoms with Gasteiger partial charge in [-0.25, -0.2) is 18.0 Å². The van der Waals surface area contributed by atoms with Gasteiger partial charge in [0.15, 0.2) is 0 Å². The normalized spacial score (nSPS) is 17.0. The molecule has 1 fully saturated rings. The standard InChI is InChI=1S/C15H16F3NO3/c16-9-6-10(17)12(11(18)7-9)14(20)19-13(15(21)22)8-4-2-1-3-5-8/h6-8,13H,1-5H2,(H,19,20)(H,21,22)/t13-/m0/s1. The third kappa shape index (κ3) is 3.58. The van der Waals surface area contributed by atoms with Crippen molar-refractivity contribution in [1.29, 1.82) is 0 Å². The van der Waals surface area contributed by atoms with Crippen LogP contribution in [0.15, 0.2) is 12.1 Å². The fraction of sp³-hybridized carbons (Fsp3) is 0.467. The number of carboxylic acids is 1. The molecule has 0 unspecified atom stereocenters. The van der Waals surface area contributed by atoms with Crippen molar-refractivity contribution in [3.8, 4) is 0 Å². The van der Waals surface area contributed by atoms with E-state index in [1.807, 2.05) is 0 Å². The third-order valence-electron chi connectivity index (χ3n) is 3.91. The number of benzene rings is 1. The first-order chi connectivity index (χ1) is 10.4. The highest BCUT2D eigenvalue weighted by atomic mass is 19.1. The molecule has 1 amide bonds. The van der Waals surface area contributed by atoms with Gasteiger partial charge >= 0.3 is 5.97 Å². The molecule has 22 heavy (non-hydrogen) atoms. The Morgan fingerprint density at radius 3 is 2.14 bits per heavy atom. The van der Waals surface area contributed by atoms with Gasteiger partial charge in [0.1, 0.15) is 29.1 Å². The molecular formula is C15H16F3NO3. The van der Waals surface area contributed by atoms with Gasteiger partial charge in [-0.2, -0.15) is 0 Å². The summed E-state index contributed by atoms with van der Waals surface area (Å²) in [7, 11) is 0. The Bertz CT molecular complexity index is 562. The van der Waals surface area contributed by atoms with Crippen LogP contribution >= 0.6 is 0 Å². The van der Waals surface area contributed by atoms with Crippen LogP contribution in [0.2, 0.25) is 0 Å². The van der Waals surface area contributed by atoms with Crippen LogP contribution in [-0.2, 0) is 4.79 Å². The van der Waals surface area contributed by atoms with Crippen LogP contribution in [0.25, 0.3) is 0 Å². The van der Waals surface area contributed by atoms with Gasteiger partial charge in [0, 0.05) is 12.1 Å². The van der Waals surface area contributed by atoms with E-state index in [0.29, 0.717) is 25.0 Å². The molecule has 2 rings (SSSR count). The van der Waals surface area contributed by atoms with Crippen LogP contribution in [0.1, 0.15) is 42.5 Å². The van der Waals surface area contributed by atoms with Gasteiger partial charge in [0.2, 0.25) is 0 Å². The maximum atomic E-state index is 13.6. The molecule has 7 heteroatoms. The molecular weight excluding hydrogens is 299 g/mol. The Balaban J connectivity index is 2.20. The summed E-state index contributed by atoms with van der Waals surface area (Å²) in [4.78, 5) is 23.3. The van der Waals surface area contributed by atoms with Crippen molar-refractivity contribution in [3.63, 3.8) is 0 Å². The number of hydrogen-bond acceptors (Lipinski definition) is 2. The van der Waals surface area contributed by atoms with Gasteiger partial charge in [-0.05, 0) is 18.8 Å². The number of carbonyl (C=O) groups is 2. The number of carbonyl (C=O) groups excluding carboxylic acids is 1. The van der Waals surface area contributed by atoms with E-state index < -0.39 is 40.9 Å². The lowest BCUT2D eigenvalue weighted by atomic mass is 9.84. The minimum absolute atomic E-state index is 0.276. The average molecular weight is 315 g/mol. The molecule has 2 N–H and O–H groups in total. The summed E-state index contributed by atoms with van der Waals surface area (Å²) in [5.41, 5.74) is -0.969. The van der Waals surface area contributed by atoms with Crippen LogP contribution in [-0.4, -0.2) is 23.0 Å². The van der Waals surface area contributed by atoms with Gasteiger partial charge in [0.05, 0.1) is 0 Å². The lowest BCUT2D eigenvalue weighted by Gasteiger charge is -2.28. The highest BCUT2D eigenvalue weighted by Gasteiger charge is 2.32. The third-order valence-corrected chi connectivity index (χ3v) is 3.91. The fourth-order valence-corrected chi connectivity index (χ4v) is 2.82. The van der Waals surface area contributed by atoms with E-state index in [-0.39, 0.29) is 5.92 Å². The summed E-state index contributed by atoms with van der Waals surface area (Å²) < 4.78 is 40.0. The molecule has 0 aromatic heterocycles. The van der Waals surface area contributed by atoms with Crippen molar-refractivity contribution >= 4 is 11.9 Å². The molecule has 120 valence electrons. The molecule has 1 aliphatic rings. The van der Waals surface area contributed by atoms with E-state index in [4.69, 9.17) is 0 Å². The number of amides is 1. The Morgan fingerprint density at radius 1 is 1.09 bits per heavy atom. The van der Waals surface area contributed by atoms with Crippen LogP contribution < -0.4 is 5.32 Å². The van der Waals surface area contributed by atoms with Crippen molar-refractivity contribution < 1.29 is 27.9 Å². The van der Waals surface area contributed by atoms with Crippen molar-refractivity contribution in [2.24, 2.45) is 5.92 Å². The van der Waals surface area contributed by atoms with E-state index in [1.54, 1.807) is 0 Å². The van der Waals surface area contributed by atoms with E-state index in [9.17, 15) is 27.9 Å². The van der Waals surface area contributed by atoms with Crippen LogP contribution in [0, 0.1) is 23.4 Å². The SMILES string of the molecule is O=C(N[C@H](C(=O)O)C1CCCCC1)c1c(F)cc(F)cc1F. The Hall–Kier alpha value is -2.05. The van der Waals surface area contributed by atoms with Crippen molar-refractivity contribution in [2.75, 3.05) is 0 Å². The number of rotatable bonds is 4. The Labute approximate surface area is 125 Å². The summed E-state index contributed by atoms with van der Waals surface area (Å²) >= 11 is 0. The molecule has 0 radical (unpaired) electrons. The number of halogens is 3. The molecule has 4 nitrogen and oxygen atoms in total. The first-order valence-electron chi connectivity index (χ1n) is 7.08. The zero-order valence-electron chi connectivity index (χ0n) is 11.7. The first-order valence-corrected chi connectivity index (χ1v) is 7.08. The molecule has 0 aliphatic heterocycles. The molecule has 1 aromatic rings. The molecule has 1 saturated carbocycles. The number of carboxylic acid groups (broad SMARTS) is 1. The highest BCUT2D eigenvalue weighted by molar-refractivity contribution is 5.97. The zero-order chi connectivity index (χ0) is 16.3. The minimum Gasteiger partial charge on any atom is -0.480 e. The van der Waals surface area contributed by atoms with Gasteiger partial charge in [0.25, 0.3) is 5.91 Å². The van der Waals surface area contributed by atoms with Crippen molar-refractivity contribution in [1.82, 2.24) is 5.32 Å². The van der Waals surface area contributed by atoms with Crippen LogP contribution in [0.5, 0.6) is 0 Å². The summed E-state index contributed by atoms with van der Waals surface area (Å²) in [5.74, 6) is -6.57. The number of hydrogen-bond donors (Lipinski definition) is 2. The molecule has 0 bridgehead atoms. The quantitative estimate of drug-likeness (QED) is 0.898. The molecule has 1 aliphatic carbocycles. The second-order valence-corrected chi connectivity index (χ2v) is 5.43. The smallest absolute Gasteiger partial charge is 0.326 e. The lowest BCUT2D eigenvalue weighted by Crippen LogP contribution is -2.47. The summed E-state index contributed by atoms with van der Waals surface area (Å²) in [6, 6.07) is -0.445. The average Bonchev–Trinajstić information content (AvgIpc) is 2.44. The zero-order valence-corrected chi connectivity index (χ0v) is 11.7. The molecule has 1 atom stereocenters. The maximum absolute atomic E-state index is 13.6. The van der Waals surface area contributed by atoms with Crippen molar-refractivity contribution in [2.45, 2.75) is 38.1 Å². The predicted molar refractivity (Wildman–Crippen MR) is 71.8 cm³/mol. The second-order valence-electron chi connectivity index (χ2n) is 5.43. The molecule has 1 aromatic carbocycles. The number of aliphatic carboxylic acids is 1. The summed E-state index contributed by atoms with van der Waals surface area (Å²) in [5, 5.41) is 11.4. The van der Waals surface area contributed by atoms with E-state index in [2.05, 4.69) is 5.32 Å². The number of nitrogens with one attached hydrogen (secondary N) is 1. The maximum Gasteiger partial charge on any atom is 0.326 e. The Kier molecular flexibility index (Phi) is 5.05. The monoisotopic (exact) mass is 315 g/mol. The first kappa shape index (κ1) is 16.3. The van der Waals surface area contributed by atoms with Gasteiger partial charge < -0.3 is 10.4 Å². The van der Waals surface area contributed by atoms with Crippen LogP contribution in [0.3, 0.4) is 0 Å².